The van der Waals surface area contributed by atoms with Crippen molar-refractivity contribution in [1.82, 2.24) is 4.90 Å². The number of aldehydes is 1. The first kappa shape index (κ1) is 12.2. The summed E-state index contributed by atoms with van der Waals surface area (Å²) in [4.78, 5) is 13.9. The van der Waals surface area contributed by atoms with Gasteiger partial charge in [-0.05, 0) is 49.9 Å². The first-order valence-corrected chi connectivity index (χ1v) is 7.01. The van der Waals surface area contributed by atoms with Gasteiger partial charge in [-0.25, -0.2) is 0 Å². The van der Waals surface area contributed by atoms with Crippen LogP contribution in [-0.4, -0.2) is 30.3 Å². The maximum Gasteiger partial charge on any atom is 0.125 e. The first-order valence-electron chi connectivity index (χ1n) is 6.63. The molecule has 2 bridgehead atoms. The fourth-order valence-corrected chi connectivity index (χ4v) is 3.89. The van der Waals surface area contributed by atoms with Gasteiger partial charge in [0.1, 0.15) is 6.29 Å². The summed E-state index contributed by atoms with van der Waals surface area (Å²) in [5, 5.41) is 0.761. The summed E-state index contributed by atoms with van der Waals surface area (Å²) >= 11 is 5.94. The van der Waals surface area contributed by atoms with Crippen molar-refractivity contribution in [1.29, 1.82) is 0 Å². The molecule has 2 aliphatic heterocycles. The van der Waals surface area contributed by atoms with Gasteiger partial charge < -0.3 is 4.79 Å². The van der Waals surface area contributed by atoms with Gasteiger partial charge in [0.05, 0.1) is 0 Å². The van der Waals surface area contributed by atoms with Crippen LogP contribution in [0.5, 0.6) is 0 Å². The topological polar surface area (TPSA) is 20.3 Å². The SMILES string of the molecule is CN1[C@H]2CC[C@@H]1[C@H](C=O)[C@@H](c1ccc(Cl)cc1)C2. The van der Waals surface area contributed by atoms with Gasteiger partial charge in [0.25, 0.3) is 0 Å². The lowest BCUT2D eigenvalue weighted by Crippen LogP contribution is -2.46. The fourth-order valence-electron chi connectivity index (χ4n) is 3.76. The smallest absolute Gasteiger partial charge is 0.125 e. The molecule has 96 valence electrons. The molecular weight excluding hydrogens is 246 g/mol. The standard InChI is InChI=1S/C15H18ClNO/c1-17-12-6-7-15(17)14(9-18)13(8-12)10-2-4-11(16)5-3-10/h2-5,9,12-15H,6-8H2,1H3/t12-,13+,14+,15+/m0/s1. The molecule has 0 spiro atoms. The van der Waals surface area contributed by atoms with Crippen LogP contribution < -0.4 is 0 Å². The number of benzene rings is 1. The average molecular weight is 264 g/mol. The van der Waals surface area contributed by atoms with Crippen molar-refractivity contribution in [2.24, 2.45) is 5.92 Å². The normalized spacial score (nSPS) is 35.7. The second kappa shape index (κ2) is 4.67. The van der Waals surface area contributed by atoms with E-state index in [2.05, 4.69) is 24.1 Å². The minimum absolute atomic E-state index is 0.134. The molecule has 0 aromatic heterocycles. The van der Waals surface area contributed by atoms with Crippen molar-refractivity contribution in [2.45, 2.75) is 37.3 Å². The van der Waals surface area contributed by atoms with E-state index in [1.165, 1.54) is 18.3 Å². The molecule has 2 fully saturated rings. The molecule has 3 rings (SSSR count). The molecule has 0 radical (unpaired) electrons. The zero-order valence-electron chi connectivity index (χ0n) is 10.6. The van der Waals surface area contributed by atoms with Gasteiger partial charge in [-0.2, -0.15) is 0 Å². The van der Waals surface area contributed by atoms with Crippen LogP contribution in [0.3, 0.4) is 0 Å². The average Bonchev–Trinajstić information content (AvgIpc) is 2.63. The Morgan fingerprint density at radius 1 is 1.28 bits per heavy atom. The highest BCUT2D eigenvalue weighted by atomic mass is 35.5. The van der Waals surface area contributed by atoms with Crippen LogP contribution in [0.4, 0.5) is 0 Å². The fraction of sp³-hybridized carbons (Fsp3) is 0.533. The van der Waals surface area contributed by atoms with Crippen molar-refractivity contribution in [3.05, 3.63) is 34.9 Å². The lowest BCUT2D eigenvalue weighted by Gasteiger charge is -2.40. The summed E-state index contributed by atoms with van der Waals surface area (Å²) in [5.74, 6) is 0.503. The Kier molecular flexibility index (Phi) is 3.16. The van der Waals surface area contributed by atoms with Crippen molar-refractivity contribution in [3.8, 4) is 0 Å². The molecule has 4 atom stereocenters. The second-order valence-electron chi connectivity index (χ2n) is 5.57. The summed E-state index contributed by atoms with van der Waals surface area (Å²) in [5.41, 5.74) is 1.27. The number of nitrogens with zero attached hydrogens (tertiary/aromatic N) is 1. The van der Waals surface area contributed by atoms with E-state index in [1.807, 2.05) is 12.1 Å². The molecule has 0 amide bonds. The Morgan fingerprint density at radius 3 is 2.67 bits per heavy atom. The van der Waals surface area contributed by atoms with Crippen LogP contribution in [-0.2, 0) is 4.79 Å². The van der Waals surface area contributed by atoms with Crippen molar-refractivity contribution < 1.29 is 4.79 Å². The van der Waals surface area contributed by atoms with Crippen molar-refractivity contribution in [3.63, 3.8) is 0 Å². The van der Waals surface area contributed by atoms with E-state index in [0.717, 1.165) is 17.9 Å². The summed E-state index contributed by atoms with van der Waals surface area (Å²) < 4.78 is 0. The Bertz CT molecular complexity index is 444. The predicted octanol–water partition coefficient (Wildman–Crippen LogP) is 3.11. The van der Waals surface area contributed by atoms with Gasteiger partial charge in [0.15, 0.2) is 0 Å². The molecule has 2 aliphatic rings. The van der Waals surface area contributed by atoms with E-state index < -0.39 is 0 Å². The van der Waals surface area contributed by atoms with Crippen LogP contribution in [0.1, 0.15) is 30.7 Å². The molecule has 0 unspecified atom stereocenters. The van der Waals surface area contributed by atoms with Gasteiger partial charge in [0.2, 0.25) is 0 Å². The van der Waals surface area contributed by atoms with Crippen LogP contribution in [0.25, 0.3) is 0 Å². The third kappa shape index (κ3) is 1.88. The summed E-state index contributed by atoms with van der Waals surface area (Å²) in [6.07, 6.45) is 4.66. The molecule has 0 aliphatic carbocycles. The number of carbonyl (C=O) groups is 1. The monoisotopic (exact) mass is 263 g/mol. The van der Waals surface area contributed by atoms with Crippen LogP contribution >= 0.6 is 11.6 Å². The molecule has 0 N–H and O–H groups in total. The van der Waals surface area contributed by atoms with Gasteiger partial charge in [-0.1, -0.05) is 23.7 Å². The number of rotatable bonds is 2. The van der Waals surface area contributed by atoms with Gasteiger partial charge in [-0.3, -0.25) is 4.90 Å². The van der Waals surface area contributed by atoms with E-state index in [9.17, 15) is 4.79 Å². The van der Waals surface area contributed by atoms with Crippen LogP contribution in [0.15, 0.2) is 24.3 Å². The Balaban J connectivity index is 1.92. The van der Waals surface area contributed by atoms with Crippen LogP contribution in [0.2, 0.25) is 5.02 Å². The van der Waals surface area contributed by atoms with Crippen molar-refractivity contribution >= 4 is 17.9 Å². The maximum absolute atomic E-state index is 11.5. The molecule has 2 heterocycles. The zero-order chi connectivity index (χ0) is 12.7. The summed E-state index contributed by atoms with van der Waals surface area (Å²) in [6, 6.07) is 9.09. The van der Waals surface area contributed by atoms with Crippen molar-refractivity contribution in [2.75, 3.05) is 7.05 Å². The first-order chi connectivity index (χ1) is 8.70. The van der Waals surface area contributed by atoms with E-state index in [1.54, 1.807) is 0 Å². The minimum Gasteiger partial charge on any atom is -0.303 e. The molecule has 2 nitrogen and oxygen atoms in total. The maximum atomic E-state index is 11.5. The second-order valence-corrected chi connectivity index (χ2v) is 6.01. The number of carbonyl (C=O) groups excluding carboxylic acids is 1. The summed E-state index contributed by atoms with van der Waals surface area (Å²) in [6.45, 7) is 0. The Morgan fingerprint density at radius 2 is 2.00 bits per heavy atom. The minimum atomic E-state index is 0.134. The Hall–Kier alpha value is -0.860. The van der Waals surface area contributed by atoms with Gasteiger partial charge >= 0.3 is 0 Å². The van der Waals surface area contributed by atoms with E-state index in [-0.39, 0.29) is 5.92 Å². The van der Waals surface area contributed by atoms with E-state index >= 15 is 0 Å². The largest absolute Gasteiger partial charge is 0.303 e. The highest BCUT2D eigenvalue weighted by Gasteiger charge is 2.45. The number of fused-ring (bicyclic) bond motifs is 2. The molecule has 1 aromatic carbocycles. The number of halogens is 1. The van der Waals surface area contributed by atoms with E-state index in [0.29, 0.717) is 18.0 Å². The quantitative estimate of drug-likeness (QED) is 0.765. The number of piperidine rings is 1. The molecule has 1 aromatic rings. The number of hydrogen-bond donors (Lipinski definition) is 0. The Labute approximate surface area is 113 Å². The lowest BCUT2D eigenvalue weighted by molar-refractivity contribution is -0.114. The summed E-state index contributed by atoms with van der Waals surface area (Å²) in [7, 11) is 2.16. The van der Waals surface area contributed by atoms with Gasteiger partial charge in [0, 0.05) is 23.0 Å². The third-order valence-electron chi connectivity index (χ3n) is 4.78. The molecule has 0 saturated carbocycles. The zero-order valence-corrected chi connectivity index (χ0v) is 11.3. The lowest BCUT2D eigenvalue weighted by atomic mass is 9.77. The molecular formula is C15H18ClNO. The van der Waals surface area contributed by atoms with Gasteiger partial charge in [-0.15, -0.1) is 0 Å². The molecule has 18 heavy (non-hydrogen) atoms. The van der Waals surface area contributed by atoms with E-state index in [4.69, 9.17) is 11.6 Å². The van der Waals surface area contributed by atoms with Crippen LogP contribution in [0, 0.1) is 5.92 Å². The highest BCUT2D eigenvalue weighted by molar-refractivity contribution is 6.30. The molecule has 2 saturated heterocycles. The molecule has 3 heteroatoms. The predicted molar refractivity (Wildman–Crippen MR) is 72.9 cm³/mol. The third-order valence-corrected chi connectivity index (χ3v) is 5.04. The number of hydrogen-bond acceptors (Lipinski definition) is 2. The highest BCUT2D eigenvalue weighted by Crippen LogP contribution is 2.45.